The molecule has 4 aromatic rings. The number of sulfonamides is 1. The number of rotatable bonds is 16. The number of ketones is 1. The Morgan fingerprint density at radius 1 is 1.02 bits per heavy atom. The summed E-state index contributed by atoms with van der Waals surface area (Å²) in [6, 6.07) is 15.1. The first-order valence-corrected chi connectivity index (χ1v) is 20.2. The molecule has 3 aromatic carbocycles. The van der Waals surface area contributed by atoms with Gasteiger partial charge < -0.3 is 30.2 Å². The first-order valence-electron chi connectivity index (χ1n) is 18.6. The van der Waals surface area contributed by atoms with E-state index in [0.29, 0.717) is 47.8 Å². The lowest BCUT2D eigenvalue weighted by Gasteiger charge is -2.29. The summed E-state index contributed by atoms with van der Waals surface area (Å²) in [5, 5.41) is 18.5. The van der Waals surface area contributed by atoms with E-state index in [-0.39, 0.29) is 41.5 Å². The molecule has 0 atom stereocenters. The molecule has 0 saturated heterocycles. The van der Waals surface area contributed by atoms with E-state index >= 15 is 0 Å². The Morgan fingerprint density at radius 3 is 2.40 bits per heavy atom. The van der Waals surface area contributed by atoms with E-state index < -0.39 is 68.9 Å². The molecule has 1 heterocycles. The predicted molar refractivity (Wildman–Crippen MR) is 207 cm³/mol. The van der Waals surface area contributed by atoms with Gasteiger partial charge in [-0.1, -0.05) is 31.0 Å². The summed E-state index contributed by atoms with van der Waals surface area (Å²) in [5.74, 6) is -4.73. The van der Waals surface area contributed by atoms with Gasteiger partial charge in [0.05, 0.1) is 24.5 Å². The van der Waals surface area contributed by atoms with Crippen LogP contribution in [0, 0.1) is 5.82 Å². The highest BCUT2D eigenvalue weighted by Gasteiger charge is 2.42. The molecule has 300 valence electrons. The van der Waals surface area contributed by atoms with Gasteiger partial charge in [0.2, 0.25) is 27.6 Å². The number of hydrogen-bond donors (Lipinski definition) is 5. The molecule has 0 spiro atoms. The number of ether oxygens (including phenoxy) is 1. The van der Waals surface area contributed by atoms with E-state index in [1.807, 2.05) is 0 Å². The molecule has 0 unspecified atom stereocenters. The lowest BCUT2D eigenvalue weighted by molar-refractivity contribution is -0.141. The SMILES string of the molecule is CCOC(=O)/C(O)=C/C(=O)c1cccc(CNC(=O)C2(NC(=O)CNS(=O)(=O)Cc3cc4oc(-c5ccc(F)cc5)c(C(=O)NC)c4cc3C3CC3)CCCC2)c1. The Morgan fingerprint density at radius 2 is 1.74 bits per heavy atom. The van der Waals surface area contributed by atoms with Crippen LogP contribution < -0.4 is 20.7 Å². The fourth-order valence-corrected chi connectivity index (χ4v) is 8.16. The van der Waals surface area contributed by atoms with Gasteiger partial charge in [0.15, 0.2) is 5.78 Å². The third kappa shape index (κ3) is 9.57. The van der Waals surface area contributed by atoms with Crippen LogP contribution in [-0.4, -0.2) is 68.7 Å². The van der Waals surface area contributed by atoms with Crippen molar-refractivity contribution in [2.24, 2.45) is 0 Å². The maximum atomic E-state index is 13.7. The number of nitrogens with one attached hydrogen (secondary N) is 4. The number of furan rings is 1. The fraction of sp³-hybridized carbons (Fsp3) is 0.341. The Balaban J connectivity index is 1.12. The smallest absolute Gasteiger partial charge is 0.373 e. The number of carbonyl (C=O) groups excluding carboxylic acids is 5. The highest BCUT2D eigenvalue weighted by Crippen LogP contribution is 2.45. The van der Waals surface area contributed by atoms with Crippen molar-refractivity contribution >= 4 is 50.5 Å². The molecule has 0 aliphatic heterocycles. The molecule has 2 aliphatic carbocycles. The van der Waals surface area contributed by atoms with Crippen LogP contribution in [0.1, 0.15) is 88.8 Å². The zero-order valence-corrected chi connectivity index (χ0v) is 32.2. The van der Waals surface area contributed by atoms with Gasteiger partial charge >= 0.3 is 5.97 Å². The van der Waals surface area contributed by atoms with E-state index in [0.717, 1.165) is 24.5 Å². The molecule has 0 bridgehead atoms. The van der Waals surface area contributed by atoms with Crippen molar-refractivity contribution in [1.82, 2.24) is 20.7 Å². The van der Waals surface area contributed by atoms with Crippen molar-refractivity contribution in [2.45, 2.75) is 69.2 Å². The van der Waals surface area contributed by atoms with Crippen molar-refractivity contribution in [1.29, 1.82) is 0 Å². The normalized spacial score (nSPS) is 15.2. The molecule has 5 N–H and O–H groups in total. The first kappa shape index (κ1) is 40.8. The van der Waals surface area contributed by atoms with Crippen molar-refractivity contribution < 1.29 is 51.0 Å². The van der Waals surface area contributed by atoms with Crippen molar-refractivity contribution in [3.05, 3.63) is 106 Å². The zero-order valence-electron chi connectivity index (χ0n) is 31.4. The number of fused-ring (bicyclic) bond motifs is 1. The Bertz CT molecular complexity index is 2360. The van der Waals surface area contributed by atoms with Gasteiger partial charge in [-0.25, -0.2) is 22.3 Å². The molecule has 2 aliphatic rings. The van der Waals surface area contributed by atoms with Crippen LogP contribution >= 0.6 is 0 Å². The molecular formula is C41H43FN4O10S. The van der Waals surface area contributed by atoms with Crippen LogP contribution in [-0.2, 0) is 41.4 Å². The van der Waals surface area contributed by atoms with E-state index in [1.165, 1.54) is 43.4 Å². The fourth-order valence-electron chi connectivity index (χ4n) is 7.04. The minimum atomic E-state index is -4.10. The lowest BCUT2D eigenvalue weighted by Crippen LogP contribution is -2.58. The summed E-state index contributed by atoms with van der Waals surface area (Å²) >= 11 is 0. The molecule has 57 heavy (non-hydrogen) atoms. The number of aliphatic hydroxyl groups excluding tert-OH is 1. The van der Waals surface area contributed by atoms with Crippen LogP contribution in [0.25, 0.3) is 22.3 Å². The maximum Gasteiger partial charge on any atom is 0.373 e. The lowest BCUT2D eigenvalue weighted by atomic mass is 9.95. The summed E-state index contributed by atoms with van der Waals surface area (Å²) in [5.41, 5.74) is 1.61. The third-order valence-corrected chi connectivity index (χ3v) is 11.3. The summed E-state index contributed by atoms with van der Waals surface area (Å²) in [7, 11) is -2.62. The van der Waals surface area contributed by atoms with Crippen LogP contribution in [0.2, 0.25) is 0 Å². The highest BCUT2D eigenvalue weighted by molar-refractivity contribution is 7.88. The number of esters is 1. The second kappa shape index (κ2) is 17.1. The topological polar surface area (TPSA) is 210 Å². The van der Waals surface area contributed by atoms with Crippen molar-refractivity contribution in [3.63, 3.8) is 0 Å². The average Bonchev–Trinajstić information content (AvgIpc) is 3.81. The van der Waals surface area contributed by atoms with E-state index in [2.05, 4.69) is 25.4 Å². The quantitative estimate of drug-likeness (QED) is 0.0451. The van der Waals surface area contributed by atoms with Crippen LogP contribution in [0.15, 0.2) is 76.9 Å². The first-order chi connectivity index (χ1) is 27.2. The van der Waals surface area contributed by atoms with Gasteiger partial charge in [-0.2, -0.15) is 0 Å². The number of carbonyl (C=O) groups is 5. The highest BCUT2D eigenvalue weighted by atomic mass is 32.2. The summed E-state index contributed by atoms with van der Waals surface area (Å²) in [6.45, 7) is 0.961. The molecule has 14 nitrogen and oxygen atoms in total. The average molecular weight is 803 g/mol. The number of hydrogen-bond acceptors (Lipinski definition) is 10. The number of amides is 3. The molecule has 3 amide bonds. The number of halogens is 1. The van der Waals surface area contributed by atoms with E-state index in [1.54, 1.807) is 31.2 Å². The second-order valence-corrected chi connectivity index (χ2v) is 15.9. The zero-order chi connectivity index (χ0) is 40.9. The minimum absolute atomic E-state index is 0.00286. The monoisotopic (exact) mass is 802 g/mol. The molecule has 16 heteroatoms. The largest absolute Gasteiger partial charge is 0.502 e. The molecule has 1 aromatic heterocycles. The van der Waals surface area contributed by atoms with Crippen LogP contribution in [0.4, 0.5) is 4.39 Å². The molecule has 0 radical (unpaired) electrons. The van der Waals surface area contributed by atoms with Gasteiger partial charge in [-0.05, 0) is 97.7 Å². The van der Waals surface area contributed by atoms with Gasteiger partial charge in [-0.3, -0.25) is 19.2 Å². The Hall–Kier alpha value is -5.87. The van der Waals surface area contributed by atoms with Gasteiger partial charge in [0.1, 0.15) is 22.7 Å². The molecule has 2 fully saturated rings. The van der Waals surface area contributed by atoms with Crippen molar-refractivity contribution in [3.8, 4) is 11.3 Å². The van der Waals surface area contributed by atoms with Gasteiger partial charge in [0, 0.05) is 36.2 Å². The van der Waals surface area contributed by atoms with Crippen molar-refractivity contribution in [2.75, 3.05) is 20.2 Å². The number of aliphatic hydroxyl groups is 1. The minimum Gasteiger partial charge on any atom is -0.502 e. The second-order valence-electron chi connectivity index (χ2n) is 14.1. The Kier molecular flexibility index (Phi) is 12.2. The molecular weight excluding hydrogens is 760 g/mol. The van der Waals surface area contributed by atoms with E-state index in [4.69, 9.17) is 4.42 Å². The van der Waals surface area contributed by atoms with Gasteiger partial charge in [-0.15, -0.1) is 0 Å². The Labute approximate surface area is 328 Å². The van der Waals surface area contributed by atoms with Gasteiger partial charge in [0.25, 0.3) is 5.91 Å². The predicted octanol–water partition coefficient (Wildman–Crippen LogP) is 4.83. The number of allylic oxidation sites excluding steroid dienone is 1. The summed E-state index contributed by atoms with van der Waals surface area (Å²) < 4.78 is 53.8. The standard InChI is InChI=1S/C41H43FN4O10S/c1-3-55-39(51)33(48)20-32(47)27-8-6-7-24(17-27)21-44-40(52)41(15-4-5-16-41)46-35(49)22-45-57(53,54)23-28-18-34-31(19-30(28)25-9-10-25)36(38(50)43-2)37(56-34)26-11-13-29(42)14-12-26/h6-8,11-14,17-20,25,45,48H,3-5,9-10,15-16,21-23H2,1-2H3,(H,43,50)(H,44,52)(H,46,49)/b33-20-. The van der Waals surface area contributed by atoms with Crippen LogP contribution in [0.5, 0.6) is 0 Å². The molecule has 2 saturated carbocycles. The molecule has 6 rings (SSSR count). The maximum absolute atomic E-state index is 13.7. The van der Waals surface area contributed by atoms with E-state index in [9.17, 15) is 41.9 Å². The summed E-state index contributed by atoms with van der Waals surface area (Å²) in [4.78, 5) is 64.1. The number of benzene rings is 3. The summed E-state index contributed by atoms with van der Waals surface area (Å²) in [6.07, 6.45) is 4.40. The third-order valence-electron chi connectivity index (χ3n) is 10.0. The van der Waals surface area contributed by atoms with Crippen LogP contribution in [0.3, 0.4) is 0 Å².